The van der Waals surface area contributed by atoms with Crippen molar-refractivity contribution >= 4 is 16.6 Å². The molecule has 1 atom stereocenters. The standard InChI is InChI=1S/C31H29FN4O/c1-19(18-37)31-34-16-26(17-35-31)24-10-12-29-27(14-24)30(20(2)21(3)36-29)33-15-25-13-23(9-11-28(25)32)22-7-5-4-6-8-22/h4-14,16-17,19,37H,15,18H2,1-3H3,(H,33,36). The van der Waals surface area contributed by atoms with Crippen LogP contribution in [0.5, 0.6) is 0 Å². The number of aliphatic hydroxyl groups excluding tert-OH is 1. The highest BCUT2D eigenvalue weighted by molar-refractivity contribution is 5.96. The molecular formula is C31H29FN4O. The zero-order valence-corrected chi connectivity index (χ0v) is 21.2. The summed E-state index contributed by atoms with van der Waals surface area (Å²) in [5.41, 5.74) is 8.20. The van der Waals surface area contributed by atoms with E-state index in [9.17, 15) is 9.50 Å². The van der Waals surface area contributed by atoms with E-state index in [-0.39, 0.29) is 18.3 Å². The molecule has 0 bridgehead atoms. The van der Waals surface area contributed by atoms with Crippen LogP contribution in [0.4, 0.5) is 10.1 Å². The van der Waals surface area contributed by atoms with Crippen molar-refractivity contribution in [1.29, 1.82) is 0 Å². The maximum atomic E-state index is 14.8. The van der Waals surface area contributed by atoms with E-state index in [1.165, 1.54) is 6.07 Å². The van der Waals surface area contributed by atoms with Gasteiger partial charge in [0.1, 0.15) is 11.6 Å². The second kappa shape index (κ2) is 10.4. The maximum Gasteiger partial charge on any atom is 0.133 e. The number of hydrogen-bond acceptors (Lipinski definition) is 5. The summed E-state index contributed by atoms with van der Waals surface area (Å²) in [6.07, 6.45) is 3.56. The van der Waals surface area contributed by atoms with Gasteiger partial charge < -0.3 is 10.4 Å². The zero-order chi connectivity index (χ0) is 25.9. The van der Waals surface area contributed by atoms with E-state index in [1.807, 2.05) is 75.4 Å². The number of aryl methyl sites for hydroxylation is 1. The van der Waals surface area contributed by atoms with Crippen molar-refractivity contribution in [1.82, 2.24) is 15.0 Å². The quantitative estimate of drug-likeness (QED) is 0.261. The summed E-state index contributed by atoms with van der Waals surface area (Å²) in [6.45, 7) is 6.25. The van der Waals surface area contributed by atoms with Crippen LogP contribution in [0.2, 0.25) is 0 Å². The van der Waals surface area contributed by atoms with Crippen LogP contribution in [-0.2, 0) is 6.54 Å². The van der Waals surface area contributed by atoms with Gasteiger partial charge in [0, 0.05) is 52.8 Å². The van der Waals surface area contributed by atoms with Crippen molar-refractivity contribution in [3.8, 4) is 22.3 Å². The summed E-state index contributed by atoms with van der Waals surface area (Å²) in [7, 11) is 0. The van der Waals surface area contributed by atoms with Crippen molar-refractivity contribution in [3.05, 3.63) is 108 Å². The second-order valence-corrected chi connectivity index (χ2v) is 9.37. The van der Waals surface area contributed by atoms with Crippen molar-refractivity contribution in [2.75, 3.05) is 11.9 Å². The van der Waals surface area contributed by atoms with Crippen molar-refractivity contribution in [2.45, 2.75) is 33.2 Å². The Morgan fingerprint density at radius 3 is 2.30 bits per heavy atom. The molecule has 0 spiro atoms. The second-order valence-electron chi connectivity index (χ2n) is 9.37. The number of hydrogen-bond donors (Lipinski definition) is 2. The molecule has 2 heterocycles. The Bertz CT molecular complexity index is 1550. The minimum absolute atomic E-state index is 0.00347. The van der Waals surface area contributed by atoms with Crippen molar-refractivity contribution < 1.29 is 9.50 Å². The summed E-state index contributed by atoms with van der Waals surface area (Å²) in [4.78, 5) is 13.6. The van der Waals surface area contributed by atoms with Gasteiger partial charge in [-0.2, -0.15) is 0 Å². The minimum atomic E-state index is -0.241. The number of aromatic nitrogens is 3. The highest BCUT2D eigenvalue weighted by atomic mass is 19.1. The number of nitrogens with one attached hydrogen (secondary N) is 1. The first-order chi connectivity index (χ1) is 17.9. The van der Waals surface area contributed by atoms with Gasteiger partial charge in [0.25, 0.3) is 0 Å². The Morgan fingerprint density at radius 1 is 0.865 bits per heavy atom. The normalized spacial score (nSPS) is 12.0. The van der Waals surface area contributed by atoms with E-state index in [1.54, 1.807) is 12.4 Å². The molecule has 6 heteroatoms. The van der Waals surface area contributed by atoms with Crippen LogP contribution in [0, 0.1) is 19.7 Å². The number of fused-ring (bicyclic) bond motifs is 1. The molecule has 186 valence electrons. The summed E-state index contributed by atoms with van der Waals surface area (Å²) in [5, 5.41) is 13.8. The first kappa shape index (κ1) is 24.5. The number of benzene rings is 3. The van der Waals surface area contributed by atoms with Crippen LogP contribution < -0.4 is 5.32 Å². The highest BCUT2D eigenvalue weighted by Gasteiger charge is 2.14. The number of nitrogens with zero attached hydrogens (tertiary/aromatic N) is 3. The van der Waals surface area contributed by atoms with E-state index in [2.05, 4.69) is 21.4 Å². The average Bonchev–Trinajstić information content (AvgIpc) is 2.94. The molecule has 0 aliphatic carbocycles. The molecule has 1 unspecified atom stereocenters. The number of halogens is 1. The van der Waals surface area contributed by atoms with Crippen molar-refractivity contribution in [2.24, 2.45) is 0 Å². The molecule has 5 aromatic rings. The van der Waals surface area contributed by atoms with Crippen LogP contribution in [0.1, 0.15) is 35.5 Å². The SMILES string of the molecule is Cc1nc2ccc(-c3cnc(C(C)CO)nc3)cc2c(NCc2cc(-c3ccccc3)ccc2F)c1C. The van der Waals surface area contributed by atoms with Gasteiger partial charge in [-0.1, -0.05) is 49.4 Å². The lowest BCUT2D eigenvalue weighted by atomic mass is 10.0. The molecule has 0 saturated carbocycles. The minimum Gasteiger partial charge on any atom is -0.396 e. The summed E-state index contributed by atoms with van der Waals surface area (Å²) >= 11 is 0. The molecule has 5 rings (SSSR count). The molecule has 0 amide bonds. The Kier molecular flexibility index (Phi) is 6.93. The third-order valence-electron chi connectivity index (χ3n) is 6.80. The Hall–Kier alpha value is -4.16. The zero-order valence-electron chi connectivity index (χ0n) is 21.2. The van der Waals surface area contributed by atoms with E-state index in [0.29, 0.717) is 17.9 Å². The number of aliphatic hydroxyl groups is 1. The molecule has 0 saturated heterocycles. The molecule has 3 aromatic carbocycles. The molecule has 0 aliphatic rings. The first-order valence-electron chi connectivity index (χ1n) is 12.4. The molecule has 0 aliphatic heterocycles. The van der Waals surface area contributed by atoms with Crippen LogP contribution in [0.25, 0.3) is 33.2 Å². The van der Waals surface area contributed by atoms with Gasteiger partial charge in [-0.25, -0.2) is 14.4 Å². The van der Waals surface area contributed by atoms with Gasteiger partial charge in [-0.05, 0) is 60.4 Å². The monoisotopic (exact) mass is 492 g/mol. The van der Waals surface area contributed by atoms with Gasteiger partial charge in [0.2, 0.25) is 0 Å². The fraction of sp³-hybridized carbons (Fsp3) is 0.194. The topological polar surface area (TPSA) is 70.9 Å². The Labute approximate surface area is 216 Å². The first-order valence-corrected chi connectivity index (χ1v) is 12.4. The summed E-state index contributed by atoms with van der Waals surface area (Å²) in [6, 6.07) is 21.3. The molecule has 0 radical (unpaired) electrons. The van der Waals surface area contributed by atoms with Gasteiger partial charge >= 0.3 is 0 Å². The fourth-order valence-corrected chi connectivity index (χ4v) is 4.42. The van der Waals surface area contributed by atoms with E-state index in [0.717, 1.165) is 50.1 Å². The third kappa shape index (κ3) is 5.06. The predicted octanol–water partition coefficient (Wildman–Crippen LogP) is 6.82. The number of pyridine rings is 1. The summed E-state index contributed by atoms with van der Waals surface area (Å²) < 4.78 is 14.8. The number of rotatable bonds is 7. The predicted molar refractivity (Wildman–Crippen MR) is 147 cm³/mol. The Morgan fingerprint density at radius 2 is 1.57 bits per heavy atom. The van der Waals surface area contributed by atoms with Crippen LogP contribution >= 0.6 is 0 Å². The molecule has 0 fully saturated rings. The third-order valence-corrected chi connectivity index (χ3v) is 6.80. The van der Waals surface area contributed by atoms with Crippen LogP contribution in [-0.4, -0.2) is 26.7 Å². The van der Waals surface area contributed by atoms with Gasteiger partial charge in [-0.15, -0.1) is 0 Å². The highest BCUT2D eigenvalue weighted by Crippen LogP contribution is 2.32. The van der Waals surface area contributed by atoms with Crippen LogP contribution in [0.3, 0.4) is 0 Å². The van der Waals surface area contributed by atoms with Gasteiger partial charge in [-0.3, -0.25) is 4.98 Å². The lowest BCUT2D eigenvalue weighted by Gasteiger charge is -2.16. The largest absolute Gasteiger partial charge is 0.396 e. The van der Waals surface area contributed by atoms with E-state index in [4.69, 9.17) is 4.98 Å². The molecule has 5 nitrogen and oxygen atoms in total. The lowest BCUT2D eigenvalue weighted by Crippen LogP contribution is -2.06. The van der Waals surface area contributed by atoms with Gasteiger partial charge in [0.05, 0.1) is 12.1 Å². The average molecular weight is 493 g/mol. The molecular weight excluding hydrogens is 463 g/mol. The van der Waals surface area contributed by atoms with E-state index < -0.39 is 0 Å². The summed E-state index contributed by atoms with van der Waals surface area (Å²) in [5.74, 6) is 0.259. The molecule has 2 aromatic heterocycles. The Balaban J connectivity index is 1.49. The lowest BCUT2D eigenvalue weighted by molar-refractivity contribution is 0.268. The van der Waals surface area contributed by atoms with Crippen molar-refractivity contribution in [3.63, 3.8) is 0 Å². The fourth-order valence-electron chi connectivity index (χ4n) is 4.42. The van der Waals surface area contributed by atoms with E-state index >= 15 is 0 Å². The smallest absolute Gasteiger partial charge is 0.133 e. The molecule has 2 N–H and O–H groups in total. The van der Waals surface area contributed by atoms with Gasteiger partial charge in [0.15, 0.2) is 0 Å². The maximum absolute atomic E-state index is 14.8. The number of anilines is 1. The van der Waals surface area contributed by atoms with Crippen LogP contribution in [0.15, 0.2) is 79.1 Å². The molecule has 37 heavy (non-hydrogen) atoms.